The van der Waals surface area contributed by atoms with Gasteiger partial charge in [-0.05, 0) is 18.4 Å². The molecule has 0 saturated carbocycles. The molecule has 0 aliphatic rings. The Morgan fingerprint density at radius 2 is 1.68 bits per heavy atom. The molecular formula is C19H20O3. The fraction of sp³-hybridized carbons (Fsp3) is 0.263. The van der Waals surface area contributed by atoms with Gasteiger partial charge in [0.2, 0.25) is 0 Å². The molecule has 0 unspecified atom stereocenters. The quantitative estimate of drug-likeness (QED) is 0.610. The van der Waals surface area contributed by atoms with Gasteiger partial charge in [-0.2, -0.15) is 0 Å². The summed E-state index contributed by atoms with van der Waals surface area (Å²) in [4.78, 5) is 24.2. The first-order chi connectivity index (χ1) is 10.6. The van der Waals surface area contributed by atoms with E-state index in [-0.39, 0.29) is 16.9 Å². The van der Waals surface area contributed by atoms with Crippen molar-refractivity contribution in [2.24, 2.45) is 0 Å². The maximum absolute atomic E-state index is 12.6. The second-order valence-corrected chi connectivity index (χ2v) is 5.30. The summed E-state index contributed by atoms with van der Waals surface area (Å²) in [6.07, 6.45) is 3.74. The lowest BCUT2D eigenvalue weighted by Gasteiger charge is -2.11. The van der Waals surface area contributed by atoms with Gasteiger partial charge in [-0.3, -0.25) is 4.79 Å². The van der Waals surface area contributed by atoms with Crippen molar-refractivity contribution in [2.45, 2.75) is 32.6 Å². The van der Waals surface area contributed by atoms with Gasteiger partial charge in [-0.15, -0.1) is 0 Å². The Balaban J connectivity index is 2.41. The maximum Gasteiger partial charge on any atom is 0.336 e. The highest BCUT2D eigenvalue weighted by atomic mass is 16.4. The summed E-state index contributed by atoms with van der Waals surface area (Å²) in [5.41, 5.74) is 1.67. The molecule has 0 atom stereocenters. The fourth-order valence-electron chi connectivity index (χ4n) is 2.56. The molecule has 2 aromatic rings. The van der Waals surface area contributed by atoms with Crippen LogP contribution in [0.15, 0.2) is 48.5 Å². The van der Waals surface area contributed by atoms with Crippen molar-refractivity contribution in [3.63, 3.8) is 0 Å². The van der Waals surface area contributed by atoms with Crippen molar-refractivity contribution in [1.82, 2.24) is 0 Å². The summed E-state index contributed by atoms with van der Waals surface area (Å²) in [5, 5.41) is 9.55. The van der Waals surface area contributed by atoms with Crippen LogP contribution < -0.4 is 0 Å². The van der Waals surface area contributed by atoms with Crippen molar-refractivity contribution < 1.29 is 14.7 Å². The molecule has 0 aliphatic carbocycles. The van der Waals surface area contributed by atoms with E-state index in [1.165, 1.54) is 0 Å². The van der Waals surface area contributed by atoms with Crippen LogP contribution in [0.1, 0.15) is 58.0 Å². The van der Waals surface area contributed by atoms with E-state index in [2.05, 4.69) is 6.92 Å². The molecule has 0 aromatic heterocycles. The molecule has 0 spiro atoms. The number of carbonyl (C=O) groups excluding carboxylic acids is 1. The van der Waals surface area contributed by atoms with Crippen LogP contribution >= 0.6 is 0 Å². The van der Waals surface area contributed by atoms with Gasteiger partial charge in [0.15, 0.2) is 5.78 Å². The number of benzene rings is 2. The number of aryl methyl sites for hydroxylation is 1. The molecule has 0 fully saturated rings. The Bertz CT molecular complexity index is 660. The third-order valence-electron chi connectivity index (χ3n) is 3.69. The number of carboxylic acids is 1. The second kappa shape index (κ2) is 7.55. The number of carboxylic acid groups (broad SMARTS) is 1. The largest absolute Gasteiger partial charge is 0.478 e. The molecule has 3 heteroatoms. The van der Waals surface area contributed by atoms with Gasteiger partial charge in [-0.25, -0.2) is 4.79 Å². The van der Waals surface area contributed by atoms with Crippen LogP contribution in [0.4, 0.5) is 0 Å². The lowest BCUT2D eigenvalue weighted by Crippen LogP contribution is -2.12. The first-order valence-electron chi connectivity index (χ1n) is 7.60. The second-order valence-electron chi connectivity index (χ2n) is 5.30. The number of ketones is 1. The summed E-state index contributed by atoms with van der Waals surface area (Å²) < 4.78 is 0. The predicted octanol–water partition coefficient (Wildman–Crippen LogP) is 4.35. The van der Waals surface area contributed by atoms with Crippen molar-refractivity contribution in [2.75, 3.05) is 0 Å². The topological polar surface area (TPSA) is 54.4 Å². The van der Waals surface area contributed by atoms with Gasteiger partial charge >= 0.3 is 5.97 Å². The molecule has 114 valence electrons. The van der Waals surface area contributed by atoms with E-state index in [1.54, 1.807) is 42.5 Å². The van der Waals surface area contributed by atoms with E-state index in [0.29, 0.717) is 12.0 Å². The summed E-state index contributed by atoms with van der Waals surface area (Å²) in [5.74, 6) is -1.28. The minimum absolute atomic E-state index is 0.146. The Hall–Kier alpha value is -2.42. The van der Waals surface area contributed by atoms with Crippen molar-refractivity contribution in [3.05, 3.63) is 70.8 Å². The number of carbonyl (C=O) groups is 2. The summed E-state index contributed by atoms with van der Waals surface area (Å²) in [6, 6.07) is 14.0. The van der Waals surface area contributed by atoms with Crippen LogP contribution in [0.25, 0.3) is 0 Å². The lowest BCUT2D eigenvalue weighted by molar-refractivity contribution is 0.0691. The van der Waals surface area contributed by atoms with Gasteiger partial charge in [0.05, 0.1) is 5.56 Å². The summed E-state index contributed by atoms with van der Waals surface area (Å²) >= 11 is 0. The lowest BCUT2D eigenvalue weighted by atomic mass is 9.92. The minimum atomic E-state index is -1.04. The van der Waals surface area contributed by atoms with Crippen LogP contribution in [-0.4, -0.2) is 16.9 Å². The van der Waals surface area contributed by atoms with Crippen LogP contribution in [-0.2, 0) is 6.42 Å². The Morgan fingerprint density at radius 1 is 0.955 bits per heavy atom. The smallest absolute Gasteiger partial charge is 0.336 e. The SMILES string of the molecule is CCCCCc1cccc(C(=O)c2ccccc2)c1C(=O)O. The van der Waals surface area contributed by atoms with Crippen molar-refractivity contribution >= 4 is 11.8 Å². The van der Waals surface area contributed by atoms with Gasteiger partial charge in [0.25, 0.3) is 0 Å². The zero-order chi connectivity index (χ0) is 15.9. The van der Waals surface area contributed by atoms with Crippen LogP contribution in [0, 0.1) is 0 Å². The van der Waals surface area contributed by atoms with Crippen molar-refractivity contribution in [1.29, 1.82) is 0 Å². The van der Waals surface area contributed by atoms with Crippen LogP contribution in [0.2, 0.25) is 0 Å². The first-order valence-corrected chi connectivity index (χ1v) is 7.60. The molecule has 0 aliphatic heterocycles. The molecule has 0 amide bonds. The number of rotatable bonds is 7. The molecule has 2 aromatic carbocycles. The first kappa shape index (κ1) is 16.0. The van der Waals surface area contributed by atoms with Gasteiger partial charge < -0.3 is 5.11 Å². The maximum atomic E-state index is 12.6. The standard InChI is InChI=1S/C19H20O3/c1-2-3-5-9-14-12-8-13-16(17(14)19(21)22)18(20)15-10-6-4-7-11-15/h4,6-8,10-13H,2-3,5,9H2,1H3,(H,21,22). The number of unbranched alkanes of at least 4 members (excludes halogenated alkanes) is 2. The van der Waals surface area contributed by atoms with E-state index in [9.17, 15) is 14.7 Å². The van der Waals surface area contributed by atoms with Crippen LogP contribution in [0.3, 0.4) is 0 Å². The van der Waals surface area contributed by atoms with Crippen LogP contribution in [0.5, 0.6) is 0 Å². The predicted molar refractivity (Wildman–Crippen MR) is 86.5 cm³/mol. The highest BCUT2D eigenvalue weighted by molar-refractivity contribution is 6.14. The summed E-state index contributed by atoms with van der Waals surface area (Å²) in [6.45, 7) is 2.10. The van der Waals surface area contributed by atoms with E-state index in [0.717, 1.165) is 24.8 Å². The Kier molecular flexibility index (Phi) is 5.48. The third-order valence-corrected chi connectivity index (χ3v) is 3.69. The normalized spacial score (nSPS) is 10.4. The van der Waals surface area contributed by atoms with E-state index in [1.807, 2.05) is 6.07 Å². The van der Waals surface area contributed by atoms with E-state index in [4.69, 9.17) is 0 Å². The molecule has 22 heavy (non-hydrogen) atoms. The number of hydrogen-bond acceptors (Lipinski definition) is 2. The minimum Gasteiger partial charge on any atom is -0.478 e. The molecule has 0 bridgehead atoms. The molecule has 0 heterocycles. The fourth-order valence-corrected chi connectivity index (χ4v) is 2.56. The highest BCUT2D eigenvalue weighted by Gasteiger charge is 2.20. The molecular weight excluding hydrogens is 276 g/mol. The molecule has 0 radical (unpaired) electrons. The number of hydrogen-bond donors (Lipinski definition) is 1. The highest BCUT2D eigenvalue weighted by Crippen LogP contribution is 2.21. The average molecular weight is 296 g/mol. The molecule has 2 rings (SSSR count). The molecule has 0 saturated heterocycles. The Labute approximate surface area is 130 Å². The monoisotopic (exact) mass is 296 g/mol. The molecule has 1 N–H and O–H groups in total. The van der Waals surface area contributed by atoms with E-state index >= 15 is 0 Å². The van der Waals surface area contributed by atoms with Gasteiger partial charge in [-0.1, -0.05) is 68.3 Å². The average Bonchev–Trinajstić information content (AvgIpc) is 2.54. The molecule has 3 nitrogen and oxygen atoms in total. The summed E-state index contributed by atoms with van der Waals surface area (Å²) in [7, 11) is 0. The van der Waals surface area contributed by atoms with Crippen molar-refractivity contribution in [3.8, 4) is 0 Å². The third kappa shape index (κ3) is 3.61. The number of aromatic carboxylic acids is 1. The zero-order valence-electron chi connectivity index (χ0n) is 12.7. The van der Waals surface area contributed by atoms with Gasteiger partial charge in [0.1, 0.15) is 0 Å². The Morgan fingerprint density at radius 3 is 2.32 bits per heavy atom. The zero-order valence-corrected chi connectivity index (χ0v) is 12.7. The van der Waals surface area contributed by atoms with Gasteiger partial charge in [0, 0.05) is 11.1 Å². The van der Waals surface area contributed by atoms with E-state index < -0.39 is 5.97 Å².